The summed E-state index contributed by atoms with van der Waals surface area (Å²) in [6.07, 6.45) is 0.555. The Labute approximate surface area is 136 Å². The van der Waals surface area contributed by atoms with Gasteiger partial charge in [0.25, 0.3) is 0 Å². The average Bonchev–Trinajstić information content (AvgIpc) is 2.48. The summed E-state index contributed by atoms with van der Waals surface area (Å²) in [4.78, 5) is 3.67. The fourth-order valence-corrected chi connectivity index (χ4v) is 3.57. The number of nitrogens with zero attached hydrogens (tertiary/aromatic N) is 2. The molecule has 0 atom stereocenters. The van der Waals surface area contributed by atoms with Crippen molar-refractivity contribution in [3.63, 3.8) is 0 Å². The van der Waals surface area contributed by atoms with Gasteiger partial charge in [0, 0.05) is 6.54 Å². The lowest BCUT2D eigenvalue weighted by molar-refractivity contribution is 0.188. The van der Waals surface area contributed by atoms with Gasteiger partial charge in [-0.05, 0) is 25.8 Å². The Morgan fingerprint density at radius 3 is 2.26 bits per heavy atom. The number of nitrogens with one attached hydrogen (secondary N) is 1. The second-order valence-electron chi connectivity index (χ2n) is 4.52. The van der Waals surface area contributed by atoms with Crippen molar-refractivity contribution in [2.45, 2.75) is 20.3 Å². The first kappa shape index (κ1) is 19.2. The number of guanidine groups is 2. The zero-order chi connectivity index (χ0) is 17.3. The summed E-state index contributed by atoms with van der Waals surface area (Å²) in [6, 6.07) is 9.64. The summed E-state index contributed by atoms with van der Waals surface area (Å²) in [5.41, 5.74) is 12.1. The summed E-state index contributed by atoms with van der Waals surface area (Å²) in [7, 11) is -3.65. The molecular weight excluding hydrogens is 317 g/mol. The normalized spacial score (nSPS) is 12.2. The lowest BCUT2D eigenvalue weighted by atomic mass is 10.1. The van der Waals surface area contributed by atoms with Gasteiger partial charge in [0.05, 0.1) is 13.2 Å². The third-order valence-electron chi connectivity index (χ3n) is 2.83. The molecule has 0 radical (unpaired) electrons. The van der Waals surface area contributed by atoms with Crippen molar-refractivity contribution in [2.75, 3.05) is 19.8 Å². The standard InChI is InChI=1S/C14H24N5O3P/c1-3-21-23(20,22-4-2)19(14(17)18-13(15)16)11-10-12-8-6-5-7-9-12/h5-9H,3-4,10-11H2,1-2H3,(H5,15,16,17,18). The van der Waals surface area contributed by atoms with Gasteiger partial charge in [-0.1, -0.05) is 30.3 Å². The molecule has 0 aromatic heterocycles. The lowest BCUT2D eigenvalue weighted by Gasteiger charge is -2.30. The molecular formula is C14H24N5O3P. The van der Waals surface area contributed by atoms with E-state index in [0.29, 0.717) is 6.42 Å². The Hall–Kier alpha value is -1.89. The van der Waals surface area contributed by atoms with E-state index in [1.807, 2.05) is 30.3 Å². The van der Waals surface area contributed by atoms with Gasteiger partial charge in [-0.2, -0.15) is 4.99 Å². The van der Waals surface area contributed by atoms with Crippen LogP contribution in [0.1, 0.15) is 19.4 Å². The fraction of sp³-hybridized carbons (Fsp3) is 0.429. The number of aliphatic imine (C=N–C) groups is 1. The van der Waals surface area contributed by atoms with Crippen molar-refractivity contribution in [3.05, 3.63) is 35.9 Å². The number of benzene rings is 1. The van der Waals surface area contributed by atoms with Crippen molar-refractivity contribution < 1.29 is 13.6 Å². The minimum atomic E-state index is -3.65. The number of hydrogen-bond acceptors (Lipinski definition) is 4. The summed E-state index contributed by atoms with van der Waals surface area (Å²) >= 11 is 0. The molecule has 9 heteroatoms. The molecule has 1 aromatic rings. The predicted molar refractivity (Wildman–Crippen MR) is 91.2 cm³/mol. The van der Waals surface area contributed by atoms with Crippen LogP contribution in [0, 0.1) is 5.41 Å². The van der Waals surface area contributed by atoms with Crippen LogP contribution in [0.25, 0.3) is 0 Å². The second kappa shape index (κ2) is 9.29. The van der Waals surface area contributed by atoms with Crippen molar-refractivity contribution in [3.8, 4) is 0 Å². The van der Waals surface area contributed by atoms with E-state index in [1.165, 1.54) is 4.67 Å². The molecule has 0 aliphatic carbocycles. The molecule has 5 N–H and O–H groups in total. The Bertz CT molecular complexity index is 569. The number of nitrogens with two attached hydrogens (primary N) is 2. The van der Waals surface area contributed by atoms with Crippen molar-refractivity contribution in [1.29, 1.82) is 5.41 Å². The van der Waals surface area contributed by atoms with Crippen molar-refractivity contribution >= 4 is 19.7 Å². The van der Waals surface area contributed by atoms with Crippen LogP contribution in [0.5, 0.6) is 0 Å². The Morgan fingerprint density at radius 2 is 1.78 bits per heavy atom. The molecule has 0 unspecified atom stereocenters. The van der Waals surface area contributed by atoms with Crippen LogP contribution in [0.3, 0.4) is 0 Å². The predicted octanol–water partition coefficient (Wildman–Crippen LogP) is 1.92. The van der Waals surface area contributed by atoms with Crippen LogP contribution in [-0.4, -0.2) is 36.3 Å². The van der Waals surface area contributed by atoms with E-state index < -0.39 is 13.7 Å². The monoisotopic (exact) mass is 341 g/mol. The average molecular weight is 341 g/mol. The van der Waals surface area contributed by atoms with Gasteiger partial charge in [-0.15, -0.1) is 0 Å². The van der Waals surface area contributed by atoms with Crippen molar-refractivity contribution in [2.24, 2.45) is 16.5 Å². The van der Waals surface area contributed by atoms with E-state index in [4.69, 9.17) is 25.9 Å². The van der Waals surface area contributed by atoms with Gasteiger partial charge in [0.1, 0.15) is 0 Å². The summed E-state index contributed by atoms with van der Waals surface area (Å²) < 4.78 is 24.8. The highest BCUT2D eigenvalue weighted by molar-refractivity contribution is 7.52. The molecule has 128 valence electrons. The molecule has 0 amide bonds. The van der Waals surface area contributed by atoms with Gasteiger partial charge >= 0.3 is 7.75 Å². The molecule has 0 heterocycles. The smallest absolute Gasteiger partial charge is 0.369 e. The first-order valence-corrected chi connectivity index (χ1v) is 8.81. The first-order chi connectivity index (χ1) is 10.9. The van der Waals surface area contributed by atoms with Gasteiger partial charge in [-0.25, -0.2) is 9.24 Å². The maximum atomic E-state index is 13.0. The summed E-state index contributed by atoms with van der Waals surface area (Å²) in [5, 5.41) is 7.23. The van der Waals surface area contributed by atoms with Crippen LogP contribution >= 0.6 is 7.75 Å². The first-order valence-electron chi connectivity index (χ1n) is 7.32. The fourth-order valence-electron chi connectivity index (χ4n) is 1.93. The van der Waals surface area contributed by atoms with Crippen LogP contribution in [0.2, 0.25) is 0 Å². The summed E-state index contributed by atoms with van der Waals surface area (Å²) in [6.45, 7) is 4.04. The molecule has 0 aliphatic rings. The molecule has 0 bridgehead atoms. The van der Waals surface area contributed by atoms with Gasteiger partial charge < -0.3 is 11.5 Å². The Morgan fingerprint density at radius 1 is 1.22 bits per heavy atom. The van der Waals surface area contributed by atoms with Crippen LogP contribution in [-0.2, 0) is 20.0 Å². The zero-order valence-electron chi connectivity index (χ0n) is 13.4. The van der Waals surface area contributed by atoms with Gasteiger partial charge in [-0.3, -0.25) is 14.5 Å². The largest absolute Gasteiger partial charge is 0.437 e. The Kier molecular flexibility index (Phi) is 7.74. The minimum absolute atomic E-state index is 0.168. The molecule has 8 nitrogen and oxygen atoms in total. The van der Waals surface area contributed by atoms with E-state index in [-0.39, 0.29) is 25.7 Å². The zero-order valence-corrected chi connectivity index (χ0v) is 14.3. The highest BCUT2D eigenvalue weighted by atomic mass is 31.2. The molecule has 1 aromatic carbocycles. The highest BCUT2D eigenvalue weighted by Gasteiger charge is 2.34. The third kappa shape index (κ3) is 6.02. The van der Waals surface area contributed by atoms with E-state index in [0.717, 1.165) is 5.56 Å². The van der Waals surface area contributed by atoms with E-state index >= 15 is 0 Å². The molecule has 0 saturated carbocycles. The van der Waals surface area contributed by atoms with Gasteiger partial charge in [0.15, 0.2) is 0 Å². The third-order valence-corrected chi connectivity index (χ3v) is 5.00. The number of rotatable bonds is 8. The van der Waals surface area contributed by atoms with E-state index in [1.54, 1.807) is 13.8 Å². The Balaban J connectivity index is 3.04. The minimum Gasteiger partial charge on any atom is -0.369 e. The molecule has 0 saturated heterocycles. The van der Waals surface area contributed by atoms with Crippen LogP contribution in [0.15, 0.2) is 35.3 Å². The number of hydrogen-bond donors (Lipinski definition) is 3. The molecule has 1 rings (SSSR count). The van der Waals surface area contributed by atoms with Crippen LogP contribution < -0.4 is 11.5 Å². The molecule has 23 heavy (non-hydrogen) atoms. The molecule has 0 spiro atoms. The van der Waals surface area contributed by atoms with Crippen molar-refractivity contribution in [1.82, 2.24) is 4.67 Å². The maximum Gasteiger partial charge on any atom is 0.437 e. The lowest BCUT2D eigenvalue weighted by Crippen LogP contribution is -2.38. The SMILES string of the molecule is CCOP(=O)(OCC)N(CCc1ccccc1)/C(N)=N\C(=N)N. The highest BCUT2D eigenvalue weighted by Crippen LogP contribution is 2.51. The van der Waals surface area contributed by atoms with E-state index in [2.05, 4.69) is 4.99 Å². The second-order valence-corrected chi connectivity index (χ2v) is 6.45. The van der Waals surface area contributed by atoms with Crippen LogP contribution in [0.4, 0.5) is 0 Å². The van der Waals surface area contributed by atoms with Gasteiger partial charge in [0.2, 0.25) is 11.9 Å². The molecule has 0 fully saturated rings. The summed E-state index contributed by atoms with van der Waals surface area (Å²) in [5.74, 6) is -0.648. The topological polar surface area (TPSA) is 127 Å². The maximum absolute atomic E-state index is 13.0. The van der Waals surface area contributed by atoms with E-state index in [9.17, 15) is 4.57 Å². The quantitative estimate of drug-likeness (QED) is 0.376. The molecule has 0 aliphatic heterocycles.